The number of hydrogen-bond acceptors (Lipinski definition) is 6. The first kappa shape index (κ1) is 22.2. The van der Waals surface area contributed by atoms with Crippen LogP contribution in [-0.4, -0.2) is 41.5 Å². The fourth-order valence-electron chi connectivity index (χ4n) is 2.60. The standard InChI is InChI=1S/C20H32BN3O4/c1-13-14(10-16(22)12-23-13)9-15(11-24-17(25)26-18(2,3)4)21-27-19(5,6)20(7,8)28-21/h9-10,12H,11,22H2,1-8H3,(H,24,25). The second-order valence-corrected chi connectivity index (χ2v) is 9.11. The Morgan fingerprint density at radius 2 is 1.86 bits per heavy atom. The first-order valence-electron chi connectivity index (χ1n) is 9.45. The quantitative estimate of drug-likeness (QED) is 0.765. The number of hydrogen-bond donors (Lipinski definition) is 2. The van der Waals surface area contributed by atoms with E-state index in [1.165, 1.54) is 0 Å². The number of pyridine rings is 1. The van der Waals surface area contributed by atoms with Crippen molar-refractivity contribution in [3.05, 3.63) is 29.0 Å². The highest BCUT2D eigenvalue weighted by Crippen LogP contribution is 2.38. The first-order valence-corrected chi connectivity index (χ1v) is 9.45. The minimum absolute atomic E-state index is 0.208. The van der Waals surface area contributed by atoms with Gasteiger partial charge in [-0.05, 0) is 72.5 Å². The molecular formula is C20H32BN3O4. The lowest BCUT2D eigenvalue weighted by Gasteiger charge is -2.32. The van der Waals surface area contributed by atoms with Crippen molar-refractivity contribution in [3.63, 3.8) is 0 Å². The van der Waals surface area contributed by atoms with Crippen molar-refractivity contribution in [3.8, 4) is 0 Å². The molecule has 2 rings (SSSR count). The van der Waals surface area contributed by atoms with E-state index < -0.39 is 30.0 Å². The van der Waals surface area contributed by atoms with Crippen LogP contribution in [0.15, 0.2) is 17.7 Å². The van der Waals surface area contributed by atoms with Gasteiger partial charge in [-0.25, -0.2) is 4.79 Å². The molecule has 1 fully saturated rings. The number of nitrogens with two attached hydrogens (primary N) is 1. The summed E-state index contributed by atoms with van der Waals surface area (Å²) < 4.78 is 17.7. The normalized spacial score (nSPS) is 18.9. The molecule has 8 heteroatoms. The lowest BCUT2D eigenvalue weighted by Crippen LogP contribution is -2.41. The van der Waals surface area contributed by atoms with Gasteiger partial charge in [0.25, 0.3) is 0 Å². The second-order valence-electron chi connectivity index (χ2n) is 9.11. The van der Waals surface area contributed by atoms with Crippen LogP contribution in [0.1, 0.15) is 59.7 Å². The van der Waals surface area contributed by atoms with Gasteiger partial charge in [0.2, 0.25) is 0 Å². The summed E-state index contributed by atoms with van der Waals surface area (Å²) in [5, 5.41) is 2.78. The Morgan fingerprint density at radius 3 is 2.39 bits per heavy atom. The molecule has 0 unspecified atom stereocenters. The number of aryl methyl sites for hydroxylation is 1. The number of carbonyl (C=O) groups is 1. The van der Waals surface area contributed by atoms with Crippen LogP contribution in [-0.2, 0) is 14.0 Å². The molecule has 0 aromatic carbocycles. The van der Waals surface area contributed by atoms with Crippen LogP contribution >= 0.6 is 0 Å². The van der Waals surface area contributed by atoms with E-state index in [0.29, 0.717) is 5.69 Å². The van der Waals surface area contributed by atoms with Crippen LogP contribution in [0.2, 0.25) is 0 Å². The summed E-state index contributed by atoms with van der Waals surface area (Å²) in [5.41, 5.74) is 7.30. The van der Waals surface area contributed by atoms with Gasteiger partial charge in [-0.1, -0.05) is 6.08 Å². The third kappa shape index (κ3) is 5.48. The highest BCUT2D eigenvalue weighted by atomic mass is 16.7. The SMILES string of the molecule is Cc1ncc(N)cc1C=C(CNC(=O)OC(C)(C)C)B1OC(C)(C)C(C)(C)O1. The zero-order valence-corrected chi connectivity index (χ0v) is 18.2. The zero-order chi connectivity index (χ0) is 21.3. The van der Waals surface area contributed by atoms with Crippen molar-refractivity contribution >= 4 is 25.0 Å². The van der Waals surface area contributed by atoms with Gasteiger partial charge in [0.1, 0.15) is 5.60 Å². The lowest BCUT2D eigenvalue weighted by atomic mass is 9.77. The molecule has 3 N–H and O–H groups in total. The molecule has 2 heterocycles. The average molecular weight is 389 g/mol. The van der Waals surface area contributed by atoms with E-state index in [2.05, 4.69) is 10.3 Å². The Bertz CT molecular complexity index is 753. The number of alkyl carbamates (subject to hydrolysis) is 1. The molecule has 154 valence electrons. The predicted molar refractivity (Wildman–Crippen MR) is 112 cm³/mol. The predicted octanol–water partition coefficient (Wildman–Crippen LogP) is 3.51. The zero-order valence-electron chi connectivity index (χ0n) is 18.2. The van der Waals surface area contributed by atoms with E-state index in [0.717, 1.165) is 16.7 Å². The second kappa shape index (κ2) is 7.76. The minimum Gasteiger partial charge on any atom is -0.444 e. The van der Waals surface area contributed by atoms with E-state index in [1.54, 1.807) is 6.20 Å². The van der Waals surface area contributed by atoms with Crippen molar-refractivity contribution in [1.82, 2.24) is 10.3 Å². The fourth-order valence-corrected chi connectivity index (χ4v) is 2.60. The molecule has 1 aromatic rings. The summed E-state index contributed by atoms with van der Waals surface area (Å²) in [5.74, 6) is 0. The average Bonchev–Trinajstić information content (AvgIpc) is 2.73. The molecule has 1 aliphatic heterocycles. The van der Waals surface area contributed by atoms with E-state index in [1.807, 2.05) is 67.5 Å². The van der Waals surface area contributed by atoms with Gasteiger partial charge in [0, 0.05) is 12.2 Å². The topological polar surface area (TPSA) is 95.7 Å². The summed E-state index contributed by atoms with van der Waals surface area (Å²) in [6.07, 6.45) is 3.01. The van der Waals surface area contributed by atoms with E-state index in [9.17, 15) is 4.79 Å². The smallest absolute Gasteiger partial charge is 0.444 e. The van der Waals surface area contributed by atoms with Crippen LogP contribution in [0, 0.1) is 6.92 Å². The molecular weight excluding hydrogens is 357 g/mol. The van der Waals surface area contributed by atoms with Crippen LogP contribution in [0.5, 0.6) is 0 Å². The largest absolute Gasteiger partial charge is 0.492 e. The number of carbonyl (C=O) groups excluding carboxylic acids is 1. The summed E-state index contributed by atoms with van der Waals surface area (Å²) in [7, 11) is -0.610. The Kier molecular flexibility index (Phi) is 6.16. The maximum absolute atomic E-state index is 12.1. The van der Waals surface area contributed by atoms with Gasteiger partial charge in [0.05, 0.1) is 23.1 Å². The number of ether oxygens (including phenoxy) is 1. The third-order valence-electron chi connectivity index (χ3n) is 4.88. The molecule has 0 atom stereocenters. The highest BCUT2D eigenvalue weighted by Gasteiger charge is 2.52. The molecule has 1 aromatic heterocycles. The maximum Gasteiger partial charge on any atom is 0.492 e. The summed E-state index contributed by atoms with van der Waals surface area (Å²) in [6, 6.07) is 1.83. The number of nitrogens with one attached hydrogen (secondary N) is 1. The number of nitrogen functional groups attached to an aromatic ring is 1. The van der Waals surface area contributed by atoms with Crippen molar-refractivity contribution in [2.75, 3.05) is 12.3 Å². The van der Waals surface area contributed by atoms with Crippen molar-refractivity contribution in [2.24, 2.45) is 0 Å². The molecule has 1 aliphatic rings. The molecule has 1 amide bonds. The molecule has 0 radical (unpaired) electrons. The minimum atomic E-state index is -0.610. The first-order chi connectivity index (χ1) is 12.7. The Balaban J connectivity index is 2.30. The Morgan fingerprint density at radius 1 is 1.29 bits per heavy atom. The summed E-state index contributed by atoms with van der Waals surface area (Å²) in [4.78, 5) is 16.4. The van der Waals surface area contributed by atoms with Crippen LogP contribution < -0.4 is 11.1 Å². The van der Waals surface area contributed by atoms with Crippen LogP contribution in [0.25, 0.3) is 6.08 Å². The number of amides is 1. The molecule has 1 saturated heterocycles. The van der Waals surface area contributed by atoms with Crippen molar-refractivity contribution < 1.29 is 18.8 Å². The molecule has 0 saturated carbocycles. The number of rotatable bonds is 4. The van der Waals surface area contributed by atoms with Gasteiger partial charge < -0.3 is 25.1 Å². The van der Waals surface area contributed by atoms with Gasteiger partial charge in [-0.15, -0.1) is 0 Å². The molecule has 7 nitrogen and oxygen atoms in total. The van der Waals surface area contributed by atoms with Gasteiger partial charge >= 0.3 is 13.2 Å². The summed E-state index contributed by atoms with van der Waals surface area (Å²) in [6.45, 7) is 15.5. The third-order valence-corrected chi connectivity index (χ3v) is 4.88. The number of nitrogens with zero attached hydrogens (tertiary/aromatic N) is 1. The molecule has 0 aliphatic carbocycles. The number of aromatic nitrogens is 1. The Labute approximate surface area is 168 Å². The van der Waals surface area contributed by atoms with E-state index in [4.69, 9.17) is 19.8 Å². The maximum atomic E-state index is 12.1. The van der Waals surface area contributed by atoms with E-state index in [-0.39, 0.29) is 6.54 Å². The lowest BCUT2D eigenvalue weighted by molar-refractivity contribution is 0.00578. The summed E-state index contributed by atoms with van der Waals surface area (Å²) >= 11 is 0. The van der Waals surface area contributed by atoms with Crippen molar-refractivity contribution in [2.45, 2.75) is 72.2 Å². The molecule has 28 heavy (non-hydrogen) atoms. The van der Waals surface area contributed by atoms with Gasteiger partial charge in [-0.3, -0.25) is 4.98 Å². The fraction of sp³-hybridized carbons (Fsp3) is 0.600. The monoisotopic (exact) mass is 389 g/mol. The molecule has 0 bridgehead atoms. The highest BCUT2D eigenvalue weighted by molar-refractivity contribution is 6.56. The number of anilines is 1. The van der Waals surface area contributed by atoms with Gasteiger partial charge in [-0.2, -0.15) is 0 Å². The molecule has 0 spiro atoms. The Hall–Kier alpha value is -2.06. The van der Waals surface area contributed by atoms with Crippen molar-refractivity contribution in [1.29, 1.82) is 0 Å². The van der Waals surface area contributed by atoms with E-state index >= 15 is 0 Å². The van der Waals surface area contributed by atoms with Gasteiger partial charge in [0.15, 0.2) is 0 Å². The van der Waals surface area contributed by atoms with Crippen LogP contribution in [0.4, 0.5) is 10.5 Å². The van der Waals surface area contributed by atoms with Crippen LogP contribution in [0.3, 0.4) is 0 Å².